The van der Waals surface area contributed by atoms with Gasteiger partial charge in [-0.3, -0.25) is 0 Å². The topological polar surface area (TPSA) is 80.9 Å². The summed E-state index contributed by atoms with van der Waals surface area (Å²) in [6.45, 7) is 4.19. The van der Waals surface area contributed by atoms with Crippen molar-refractivity contribution in [2.45, 2.75) is 26.3 Å². The summed E-state index contributed by atoms with van der Waals surface area (Å²) < 4.78 is 1.40. The maximum absolute atomic E-state index is 4.42. The van der Waals surface area contributed by atoms with Gasteiger partial charge in [-0.2, -0.15) is 0 Å². The summed E-state index contributed by atoms with van der Waals surface area (Å²) >= 11 is 1.72. The first-order chi connectivity index (χ1) is 9.26. The fraction of sp³-hybridized carbons (Fsp3) is 0.364. The predicted molar refractivity (Wildman–Crippen MR) is 72.1 cm³/mol. The van der Waals surface area contributed by atoms with Crippen LogP contribution in [-0.2, 0) is 6.42 Å². The van der Waals surface area contributed by atoms with Crippen molar-refractivity contribution < 1.29 is 0 Å². The van der Waals surface area contributed by atoms with Crippen LogP contribution in [0.2, 0.25) is 0 Å². The van der Waals surface area contributed by atoms with Crippen molar-refractivity contribution in [1.29, 1.82) is 0 Å². The van der Waals surface area contributed by atoms with E-state index in [4.69, 9.17) is 0 Å². The third kappa shape index (κ3) is 2.39. The molecule has 0 aromatic carbocycles. The van der Waals surface area contributed by atoms with Crippen LogP contribution in [0.5, 0.6) is 0 Å². The number of aromatic nitrogens is 6. The maximum Gasteiger partial charge on any atom is 0.200 e. The molecular weight excluding hydrogens is 262 g/mol. The lowest BCUT2D eigenvalue weighted by Crippen LogP contribution is -2.09. The van der Waals surface area contributed by atoms with Crippen LogP contribution in [0.3, 0.4) is 0 Å². The number of nitrogens with one attached hydrogen (secondary N) is 1. The molecular formula is C11H13N7S. The summed E-state index contributed by atoms with van der Waals surface area (Å²) in [6.07, 6.45) is 2.94. The number of aryl methyl sites for hydroxylation is 1. The number of thiazole rings is 1. The minimum absolute atomic E-state index is 0.103. The van der Waals surface area contributed by atoms with E-state index in [1.54, 1.807) is 11.3 Å². The summed E-state index contributed by atoms with van der Waals surface area (Å²) in [6, 6.07) is 3.78. The van der Waals surface area contributed by atoms with Gasteiger partial charge >= 0.3 is 0 Å². The van der Waals surface area contributed by atoms with E-state index < -0.39 is 0 Å². The highest BCUT2D eigenvalue weighted by molar-refractivity contribution is 7.11. The molecule has 0 saturated heterocycles. The first kappa shape index (κ1) is 12.0. The Balaban J connectivity index is 1.79. The van der Waals surface area contributed by atoms with Crippen LogP contribution in [-0.4, -0.2) is 30.2 Å². The monoisotopic (exact) mass is 275 g/mol. The van der Waals surface area contributed by atoms with Gasteiger partial charge in [0.15, 0.2) is 5.65 Å². The maximum atomic E-state index is 4.42. The van der Waals surface area contributed by atoms with Crippen molar-refractivity contribution in [3.8, 4) is 0 Å². The number of anilines is 1. The van der Waals surface area contributed by atoms with Gasteiger partial charge in [0.05, 0.1) is 6.04 Å². The van der Waals surface area contributed by atoms with Gasteiger partial charge in [0, 0.05) is 11.1 Å². The van der Waals surface area contributed by atoms with Crippen molar-refractivity contribution >= 4 is 22.8 Å². The molecule has 0 fully saturated rings. The minimum Gasteiger partial charge on any atom is -0.360 e. The standard InChI is InChI=1S/C11H13N7S/c1-3-8-6-12-11(19-8)7(2)13-9-4-5-10-14-16-17-18(10)15-9/h4-7H,3H2,1-2H3,(H,13,15)/t7-/m1/s1. The largest absolute Gasteiger partial charge is 0.360 e. The number of rotatable bonds is 4. The first-order valence-electron chi connectivity index (χ1n) is 6.03. The average molecular weight is 275 g/mol. The van der Waals surface area contributed by atoms with Crippen LogP contribution in [0.1, 0.15) is 29.8 Å². The summed E-state index contributed by atoms with van der Waals surface area (Å²) in [5, 5.41) is 19.8. The van der Waals surface area contributed by atoms with Gasteiger partial charge in [-0.15, -0.1) is 26.2 Å². The molecule has 3 aromatic rings. The Morgan fingerprint density at radius 2 is 2.32 bits per heavy atom. The summed E-state index contributed by atoms with van der Waals surface area (Å²) in [7, 11) is 0. The first-order valence-corrected chi connectivity index (χ1v) is 6.84. The Hall–Kier alpha value is -2.09. The molecule has 3 heterocycles. The molecule has 0 amide bonds. The van der Waals surface area contributed by atoms with Gasteiger partial charge in [-0.25, -0.2) is 4.98 Å². The van der Waals surface area contributed by atoms with Gasteiger partial charge in [0.2, 0.25) is 0 Å². The average Bonchev–Trinajstić information content (AvgIpc) is 3.06. The molecule has 1 atom stereocenters. The van der Waals surface area contributed by atoms with Crippen molar-refractivity contribution in [1.82, 2.24) is 30.2 Å². The normalized spacial score (nSPS) is 12.7. The zero-order valence-corrected chi connectivity index (χ0v) is 11.4. The van der Waals surface area contributed by atoms with Crippen LogP contribution in [0.15, 0.2) is 18.3 Å². The molecule has 19 heavy (non-hydrogen) atoms. The molecule has 0 saturated carbocycles. The van der Waals surface area contributed by atoms with Crippen LogP contribution in [0, 0.1) is 0 Å². The Morgan fingerprint density at radius 1 is 1.42 bits per heavy atom. The Labute approximate surface area is 113 Å². The van der Waals surface area contributed by atoms with E-state index in [1.807, 2.05) is 18.3 Å². The van der Waals surface area contributed by atoms with E-state index in [9.17, 15) is 0 Å². The quantitative estimate of drug-likeness (QED) is 0.780. The molecule has 0 aliphatic carbocycles. The minimum atomic E-state index is 0.103. The summed E-state index contributed by atoms with van der Waals surface area (Å²) in [5.41, 5.74) is 0.626. The van der Waals surface area contributed by atoms with E-state index in [2.05, 4.69) is 44.8 Å². The predicted octanol–water partition coefficient (Wildman–Crippen LogP) is 1.71. The lowest BCUT2D eigenvalue weighted by Gasteiger charge is -2.11. The Morgan fingerprint density at radius 3 is 3.11 bits per heavy atom. The number of nitrogens with zero attached hydrogens (tertiary/aromatic N) is 6. The van der Waals surface area contributed by atoms with Crippen LogP contribution >= 0.6 is 11.3 Å². The fourth-order valence-electron chi connectivity index (χ4n) is 1.70. The highest BCUT2D eigenvalue weighted by Crippen LogP contribution is 2.23. The molecule has 0 unspecified atom stereocenters. The molecule has 1 N–H and O–H groups in total. The van der Waals surface area contributed by atoms with Crippen LogP contribution in [0.4, 0.5) is 5.82 Å². The Bertz CT molecular complexity index is 689. The van der Waals surface area contributed by atoms with Crippen LogP contribution < -0.4 is 5.32 Å². The second-order valence-electron chi connectivity index (χ2n) is 4.13. The third-order valence-corrected chi connectivity index (χ3v) is 4.05. The molecule has 8 heteroatoms. The zero-order valence-electron chi connectivity index (χ0n) is 10.6. The number of fused-ring (bicyclic) bond motifs is 1. The van der Waals surface area contributed by atoms with E-state index >= 15 is 0 Å². The SMILES string of the molecule is CCc1cnc([C@@H](C)Nc2ccc3nnnn3n2)s1. The van der Waals surface area contributed by atoms with Crippen molar-refractivity contribution in [3.63, 3.8) is 0 Å². The van der Waals surface area contributed by atoms with Gasteiger partial charge in [-0.1, -0.05) is 6.92 Å². The molecule has 3 aromatic heterocycles. The molecule has 0 bridgehead atoms. The molecule has 3 rings (SSSR count). The molecule has 0 spiro atoms. The lowest BCUT2D eigenvalue weighted by molar-refractivity contribution is 0.727. The van der Waals surface area contributed by atoms with E-state index in [1.165, 1.54) is 9.51 Å². The third-order valence-electron chi connectivity index (χ3n) is 2.72. The highest BCUT2D eigenvalue weighted by Gasteiger charge is 2.11. The van der Waals surface area contributed by atoms with Gasteiger partial charge in [0.25, 0.3) is 0 Å². The molecule has 0 radical (unpaired) electrons. The van der Waals surface area contributed by atoms with Gasteiger partial charge < -0.3 is 5.32 Å². The van der Waals surface area contributed by atoms with Gasteiger partial charge in [0.1, 0.15) is 10.8 Å². The highest BCUT2D eigenvalue weighted by atomic mass is 32.1. The van der Waals surface area contributed by atoms with E-state index in [0.717, 1.165) is 17.2 Å². The van der Waals surface area contributed by atoms with E-state index in [0.29, 0.717) is 5.65 Å². The number of hydrogen-bond acceptors (Lipinski definition) is 7. The van der Waals surface area contributed by atoms with Crippen molar-refractivity contribution in [2.24, 2.45) is 0 Å². The number of tetrazole rings is 1. The van der Waals surface area contributed by atoms with Crippen LogP contribution in [0.25, 0.3) is 5.65 Å². The molecule has 98 valence electrons. The second-order valence-corrected chi connectivity index (χ2v) is 5.28. The van der Waals surface area contributed by atoms with E-state index in [-0.39, 0.29) is 6.04 Å². The summed E-state index contributed by atoms with van der Waals surface area (Å²) in [4.78, 5) is 5.70. The fourth-order valence-corrected chi connectivity index (χ4v) is 2.56. The van der Waals surface area contributed by atoms with Gasteiger partial charge in [-0.05, 0) is 35.9 Å². The van der Waals surface area contributed by atoms with Crippen molar-refractivity contribution in [2.75, 3.05) is 5.32 Å². The molecule has 0 aliphatic heterocycles. The summed E-state index contributed by atoms with van der Waals surface area (Å²) in [5.74, 6) is 0.723. The zero-order chi connectivity index (χ0) is 13.2. The smallest absolute Gasteiger partial charge is 0.200 e. The second kappa shape index (κ2) is 4.88. The van der Waals surface area contributed by atoms with Crippen molar-refractivity contribution in [3.05, 3.63) is 28.2 Å². The Kier molecular flexibility index (Phi) is 3.08. The lowest BCUT2D eigenvalue weighted by atomic mass is 10.3. The molecule has 7 nitrogen and oxygen atoms in total. The molecule has 0 aliphatic rings. The number of hydrogen-bond donors (Lipinski definition) is 1.